The summed E-state index contributed by atoms with van der Waals surface area (Å²) >= 11 is 1.51. The standard InChI is InChI=1S/C11H20N4S/c1-11(10(12)13)9(16-15-14-11)7-8-5-3-2-4-6-8/h8-9H,2-7H2,1H3,(H3,12,13). The molecule has 5 heteroatoms. The van der Waals surface area contributed by atoms with Crippen molar-refractivity contribution in [2.45, 2.75) is 56.2 Å². The lowest BCUT2D eigenvalue weighted by Crippen LogP contribution is -2.46. The maximum atomic E-state index is 7.65. The van der Waals surface area contributed by atoms with Crippen LogP contribution in [0.2, 0.25) is 0 Å². The van der Waals surface area contributed by atoms with Crippen LogP contribution in [0.5, 0.6) is 0 Å². The molecule has 1 aliphatic heterocycles. The highest BCUT2D eigenvalue weighted by Crippen LogP contribution is 2.41. The molecule has 2 aliphatic rings. The van der Waals surface area contributed by atoms with E-state index in [1.54, 1.807) is 0 Å². The summed E-state index contributed by atoms with van der Waals surface area (Å²) in [5.41, 5.74) is 5.09. The van der Waals surface area contributed by atoms with Crippen LogP contribution in [0, 0.1) is 11.3 Å². The molecular formula is C11H20N4S. The smallest absolute Gasteiger partial charge is 0.149 e. The first-order valence-electron chi connectivity index (χ1n) is 6.05. The van der Waals surface area contributed by atoms with Crippen molar-refractivity contribution in [1.82, 2.24) is 0 Å². The molecule has 1 heterocycles. The van der Waals surface area contributed by atoms with Crippen LogP contribution in [0.25, 0.3) is 0 Å². The average Bonchev–Trinajstić information content (AvgIpc) is 2.63. The van der Waals surface area contributed by atoms with Crippen LogP contribution in [0.4, 0.5) is 0 Å². The Balaban J connectivity index is 1.96. The van der Waals surface area contributed by atoms with Crippen molar-refractivity contribution in [1.29, 1.82) is 5.41 Å². The average molecular weight is 240 g/mol. The highest BCUT2D eigenvalue weighted by atomic mass is 32.2. The lowest BCUT2D eigenvalue weighted by atomic mass is 9.82. The molecule has 2 unspecified atom stereocenters. The summed E-state index contributed by atoms with van der Waals surface area (Å²) in [6, 6.07) is 0. The van der Waals surface area contributed by atoms with Crippen molar-refractivity contribution >= 4 is 17.8 Å². The van der Waals surface area contributed by atoms with Crippen molar-refractivity contribution in [3.8, 4) is 0 Å². The number of amidine groups is 1. The lowest BCUT2D eigenvalue weighted by Gasteiger charge is -2.30. The van der Waals surface area contributed by atoms with E-state index in [0.29, 0.717) is 0 Å². The monoisotopic (exact) mass is 240 g/mol. The van der Waals surface area contributed by atoms with Crippen LogP contribution in [-0.2, 0) is 0 Å². The van der Waals surface area contributed by atoms with Gasteiger partial charge in [0.1, 0.15) is 11.4 Å². The van der Waals surface area contributed by atoms with Gasteiger partial charge in [0.05, 0.1) is 5.25 Å². The fraction of sp³-hybridized carbons (Fsp3) is 0.909. The first-order valence-corrected chi connectivity index (χ1v) is 6.89. The van der Waals surface area contributed by atoms with Gasteiger partial charge in [0.2, 0.25) is 0 Å². The summed E-state index contributed by atoms with van der Waals surface area (Å²) < 4.78 is 4.03. The first-order chi connectivity index (χ1) is 7.63. The third-order valence-corrected chi connectivity index (χ3v) is 4.95. The molecular weight excluding hydrogens is 220 g/mol. The molecule has 2 rings (SSSR count). The number of nitrogens with zero attached hydrogens (tertiary/aromatic N) is 2. The Morgan fingerprint density at radius 2 is 2.12 bits per heavy atom. The van der Waals surface area contributed by atoms with Crippen LogP contribution < -0.4 is 5.73 Å². The van der Waals surface area contributed by atoms with Crippen molar-refractivity contribution in [3.63, 3.8) is 0 Å². The van der Waals surface area contributed by atoms with E-state index in [1.807, 2.05) is 6.92 Å². The van der Waals surface area contributed by atoms with Gasteiger partial charge in [0.25, 0.3) is 0 Å². The van der Waals surface area contributed by atoms with Gasteiger partial charge in [0.15, 0.2) is 0 Å². The van der Waals surface area contributed by atoms with E-state index in [2.05, 4.69) is 9.63 Å². The van der Waals surface area contributed by atoms with E-state index in [9.17, 15) is 0 Å². The summed E-state index contributed by atoms with van der Waals surface area (Å²) in [5, 5.41) is 12.1. The maximum Gasteiger partial charge on any atom is 0.149 e. The quantitative estimate of drug-likeness (QED) is 0.452. The Morgan fingerprint density at radius 1 is 1.44 bits per heavy atom. The van der Waals surface area contributed by atoms with E-state index in [4.69, 9.17) is 11.1 Å². The van der Waals surface area contributed by atoms with E-state index < -0.39 is 5.54 Å². The summed E-state index contributed by atoms with van der Waals surface area (Å²) in [6.07, 6.45) is 7.84. The van der Waals surface area contributed by atoms with Gasteiger partial charge in [-0.3, -0.25) is 5.41 Å². The zero-order valence-electron chi connectivity index (χ0n) is 9.78. The molecule has 0 radical (unpaired) electrons. The van der Waals surface area contributed by atoms with Crippen LogP contribution in [-0.4, -0.2) is 16.6 Å². The molecule has 0 aromatic heterocycles. The minimum absolute atomic E-state index is 0.155. The molecule has 1 aliphatic carbocycles. The second-order valence-electron chi connectivity index (χ2n) is 5.08. The van der Waals surface area contributed by atoms with Crippen molar-refractivity contribution < 1.29 is 0 Å². The minimum atomic E-state index is -0.553. The van der Waals surface area contributed by atoms with Gasteiger partial charge >= 0.3 is 0 Å². The summed E-state index contributed by atoms with van der Waals surface area (Å²) in [5.74, 6) is 0.940. The molecule has 1 fully saturated rings. The van der Waals surface area contributed by atoms with Crippen molar-refractivity contribution in [3.05, 3.63) is 0 Å². The predicted octanol–water partition coefficient (Wildman–Crippen LogP) is 3.13. The molecule has 90 valence electrons. The van der Waals surface area contributed by atoms with Crippen LogP contribution in [0.1, 0.15) is 45.4 Å². The predicted molar refractivity (Wildman–Crippen MR) is 67.7 cm³/mol. The zero-order valence-corrected chi connectivity index (χ0v) is 10.6. The molecule has 4 nitrogen and oxygen atoms in total. The molecule has 0 aromatic carbocycles. The topological polar surface area (TPSA) is 74.6 Å². The van der Waals surface area contributed by atoms with E-state index in [1.165, 1.54) is 44.1 Å². The second-order valence-corrected chi connectivity index (χ2v) is 6.02. The zero-order chi connectivity index (χ0) is 11.6. The number of hydrogen-bond donors (Lipinski definition) is 2. The summed E-state index contributed by atoms with van der Waals surface area (Å²) in [7, 11) is 0. The third kappa shape index (κ3) is 2.24. The molecule has 0 saturated heterocycles. The Kier molecular flexibility index (Phi) is 3.52. The number of nitrogens with one attached hydrogen (secondary N) is 1. The highest BCUT2D eigenvalue weighted by molar-refractivity contribution is 7.98. The Hall–Kier alpha value is -0.580. The van der Waals surface area contributed by atoms with Gasteiger partial charge in [-0.25, -0.2) is 0 Å². The lowest BCUT2D eigenvalue weighted by molar-refractivity contribution is 0.323. The molecule has 0 amide bonds. The molecule has 3 N–H and O–H groups in total. The molecule has 16 heavy (non-hydrogen) atoms. The highest BCUT2D eigenvalue weighted by Gasteiger charge is 2.43. The van der Waals surface area contributed by atoms with Gasteiger partial charge in [0, 0.05) is 11.9 Å². The third-order valence-electron chi connectivity index (χ3n) is 3.87. The van der Waals surface area contributed by atoms with Gasteiger partial charge in [-0.2, -0.15) is 5.11 Å². The van der Waals surface area contributed by atoms with Gasteiger partial charge in [-0.1, -0.05) is 32.1 Å². The molecule has 2 atom stereocenters. The summed E-state index contributed by atoms with van der Waals surface area (Å²) in [4.78, 5) is 0. The fourth-order valence-electron chi connectivity index (χ4n) is 2.56. The van der Waals surface area contributed by atoms with Gasteiger partial charge in [-0.05, 0) is 19.3 Å². The maximum absolute atomic E-state index is 7.65. The van der Waals surface area contributed by atoms with Gasteiger partial charge < -0.3 is 5.73 Å². The minimum Gasteiger partial charge on any atom is -0.386 e. The van der Waals surface area contributed by atoms with Crippen molar-refractivity contribution in [2.24, 2.45) is 21.3 Å². The molecule has 0 bridgehead atoms. The summed E-state index contributed by atoms with van der Waals surface area (Å²) in [6.45, 7) is 1.94. The molecule has 1 saturated carbocycles. The molecule has 0 aromatic rings. The second kappa shape index (κ2) is 4.73. The first kappa shape index (κ1) is 11.9. The van der Waals surface area contributed by atoms with E-state index >= 15 is 0 Å². The normalized spacial score (nSPS) is 35.4. The van der Waals surface area contributed by atoms with Crippen molar-refractivity contribution in [2.75, 3.05) is 0 Å². The number of nitrogens with two attached hydrogens (primary N) is 1. The van der Waals surface area contributed by atoms with Gasteiger partial charge in [-0.15, -0.1) is 4.52 Å². The molecule has 0 spiro atoms. The Bertz CT molecular complexity index is 298. The SMILES string of the molecule is CC1(C(=N)N)N=NSC1CC1CCCCC1. The van der Waals surface area contributed by atoms with Crippen LogP contribution in [0.15, 0.2) is 9.63 Å². The fourth-order valence-corrected chi connectivity index (χ4v) is 3.63. The van der Waals surface area contributed by atoms with Crippen LogP contribution >= 0.6 is 11.9 Å². The van der Waals surface area contributed by atoms with E-state index in [0.717, 1.165) is 12.3 Å². The number of hydrogen-bond acceptors (Lipinski definition) is 4. The Morgan fingerprint density at radius 3 is 2.75 bits per heavy atom. The Labute approximate surface area is 101 Å². The van der Waals surface area contributed by atoms with Crippen LogP contribution in [0.3, 0.4) is 0 Å². The largest absolute Gasteiger partial charge is 0.386 e. The number of rotatable bonds is 3. The van der Waals surface area contributed by atoms with E-state index in [-0.39, 0.29) is 11.1 Å².